The Kier molecular flexibility index (Phi) is 6.78. The predicted molar refractivity (Wildman–Crippen MR) is 133 cm³/mol. The van der Waals surface area contributed by atoms with Crippen LogP contribution in [0.1, 0.15) is 48.9 Å². The molecule has 0 aliphatic heterocycles. The lowest BCUT2D eigenvalue weighted by Gasteiger charge is -2.19. The van der Waals surface area contributed by atoms with E-state index in [1.54, 1.807) is 0 Å². The molecule has 0 saturated carbocycles. The number of fused-ring (bicyclic) bond motifs is 1. The number of aromatic nitrogens is 2. The number of rotatable bonds is 8. The fourth-order valence-electron chi connectivity index (χ4n) is 3.82. The summed E-state index contributed by atoms with van der Waals surface area (Å²) in [6, 6.07) is 25.6. The van der Waals surface area contributed by atoms with Crippen LogP contribution in [0.15, 0.2) is 78.9 Å². The maximum Gasteiger partial charge on any atom is 0.251 e. The molecule has 170 valence electrons. The van der Waals surface area contributed by atoms with Crippen LogP contribution in [0.2, 0.25) is 0 Å². The van der Waals surface area contributed by atoms with Crippen LogP contribution in [0.3, 0.4) is 0 Å². The van der Waals surface area contributed by atoms with Gasteiger partial charge >= 0.3 is 0 Å². The van der Waals surface area contributed by atoms with Gasteiger partial charge in [0.15, 0.2) is 0 Å². The number of nitrogens with zero attached hydrogens (tertiary/aromatic N) is 2. The normalized spacial score (nSPS) is 11.5. The van der Waals surface area contributed by atoms with E-state index in [9.17, 15) is 4.79 Å². The maximum atomic E-state index is 12.5. The molecule has 0 radical (unpaired) electrons. The molecule has 0 aliphatic carbocycles. The number of hydrogen-bond acceptors (Lipinski definition) is 3. The van der Waals surface area contributed by atoms with Gasteiger partial charge in [-0.2, -0.15) is 0 Å². The first-order valence-electron chi connectivity index (χ1n) is 11.4. The van der Waals surface area contributed by atoms with E-state index < -0.39 is 0 Å². The number of benzene rings is 3. The van der Waals surface area contributed by atoms with Gasteiger partial charge in [-0.1, -0.05) is 63.2 Å². The van der Waals surface area contributed by atoms with Crippen molar-refractivity contribution in [2.75, 3.05) is 6.61 Å². The van der Waals surface area contributed by atoms with Crippen molar-refractivity contribution in [3.8, 4) is 5.75 Å². The standard InChI is InChI=1S/C28H31N3O2/c1-28(2,3)22-14-16-23(17-15-22)33-19-9-18-31-25-13-8-7-12-24(25)30-26(31)20-29-27(32)21-10-5-4-6-11-21/h4-8,10-17H,9,18-20H2,1-3H3,(H,29,32). The number of amides is 1. The van der Waals surface area contributed by atoms with Gasteiger partial charge in [0.05, 0.1) is 24.2 Å². The lowest BCUT2D eigenvalue weighted by Crippen LogP contribution is -2.24. The van der Waals surface area contributed by atoms with Gasteiger partial charge in [0.2, 0.25) is 0 Å². The Labute approximate surface area is 195 Å². The topological polar surface area (TPSA) is 56.1 Å². The lowest BCUT2D eigenvalue weighted by atomic mass is 9.87. The molecule has 1 N–H and O–H groups in total. The SMILES string of the molecule is CC(C)(C)c1ccc(OCCCn2c(CNC(=O)c3ccccc3)nc3ccccc32)cc1. The number of para-hydroxylation sites is 2. The van der Waals surface area contributed by atoms with Crippen LogP contribution in [-0.4, -0.2) is 22.1 Å². The van der Waals surface area contributed by atoms with E-state index in [1.165, 1.54) is 5.56 Å². The summed E-state index contributed by atoms with van der Waals surface area (Å²) in [6.07, 6.45) is 0.834. The number of carbonyl (C=O) groups excluding carboxylic acids is 1. The number of nitrogens with one attached hydrogen (secondary N) is 1. The summed E-state index contributed by atoms with van der Waals surface area (Å²) in [7, 11) is 0. The van der Waals surface area contributed by atoms with E-state index in [0.29, 0.717) is 18.7 Å². The van der Waals surface area contributed by atoms with Crippen molar-refractivity contribution in [2.24, 2.45) is 0 Å². The minimum Gasteiger partial charge on any atom is -0.494 e. The third-order valence-corrected chi connectivity index (χ3v) is 5.69. The summed E-state index contributed by atoms with van der Waals surface area (Å²) in [5.41, 5.74) is 4.07. The Bertz CT molecular complexity index is 1210. The molecule has 1 aromatic heterocycles. The first-order valence-corrected chi connectivity index (χ1v) is 11.4. The van der Waals surface area contributed by atoms with Gasteiger partial charge in [-0.15, -0.1) is 0 Å². The Morgan fingerprint density at radius 1 is 0.939 bits per heavy atom. The number of carbonyl (C=O) groups is 1. The summed E-state index contributed by atoms with van der Waals surface area (Å²) >= 11 is 0. The maximum absolute atomic E-state index is 12.5. The highest BCUT2D eigenvalue weighted by Crippen LogP contribution is 2.24. The van der Waals surface area contributed by atoms with E-state index in [-0.39, 0.29) is 11.3 Å². The van der Waals surface area contributed by atoms with E-state index in [4.69, 9.17) is 9.72 Å². The molecule has 0 aliphatic rings. The summed E-state index contributed by atoms with van der Waals surface area (Å²) < 4.78 is 8.15. The van der Waals surface area contributed by atoms with Crippen molar-refractivity contribution < 1.29 is 9.53 Å². The van der Waals surface area contributed by atoms with Gasteiger partial charge in [-0.05, 0) is 53.8 Å². The van der Waals surface area contributed by atoms with Crippen molar-refractivity contribution in [3.05, 3.63) is 95.8 Å². The zero-order valence-corrected chi connectivity index (χ0v) is 19.5. The summed E-state index contributed by atoms with van der Waals surface area (Å²) in [5.74, 6) is 1.63. The van der Waals surface area contributed by atoms with Crippen molar-refractivity contribution >= 4 is 16.9 Å². The van der Waals surface area contributed by atoms with Gasteiger partial charge in [0.25, 0.3) is 5.91 Å². The molecule has 0 fully saturated rings. The minimum atomic E-state index is -0.101. The number of ether oxygens (including phenoxy) is 1. The molecule has 4 rings (SSSR count). The second-order valence-electron chi connectivity index (χ2n) is 9.19. The zero-order valence-electron chi connectivity index (χ0n) is 19.5. The van der Waals surface area contributed by atoms with E-state index in [0.717, 1.165) is 35.6 Å². The van der Waals surface area contributed by atoms with Gasteiger partial charge in [0.1, 0.15) is 11.6 Å². The molecular weight excluding hydrogens is 410 g/mol. The largest absolute Gasteiger partial charge is 0.494 e. The fourth-order valence-corrected chi connectivity index (χ4v) is 3.82. The highest BCUT2D eigenvalue weighted by atomic mass is 16.5. The van der Waals surface area contributed by atoms with Crippen LogP contribution in [0, 0.1) is 0 Å². The van der Waals surface area contributed by atoms with Crippen LogP contribution in [0.25, 0.3) is 11.0 Å². The highest BCUT2D eigenvalue weighted by molar-refractivity contribution is 5.94. The molecule has 5 heteroatoms. The molecule has 1 heterocycles. The Morgan fingerprint density at radius 2 is 1.64 bits per heavy atom. The summed E-state index contributed by atoms with van der Waals surface area (Å²) in [5, 5.41) is 3.00. The second kappa shape index (κ2) is 9.90. The minimum absolute atomic E-state index is 0.101. The molecule has 0 atom stereocenters. The third-order valence-electron chi connectivity index (χ3n) is 5.69. The Balaban J connectivity index is 1.39. The van der Waals surface area contributed by atoms with E-state index >= 15 is 0 Å². The quantitative estimate of drug-likeness (QED) is 0.355. The van der Waals surface area contributed by atoms with Crippen molar-refractivity contribution in [1.82, 2.24) is 14.9 Å². The molecule has 0 spiro atoms. The van der Waals surface area contributed by atoms with Crippen LogP contribution >= 0.6 is 0 Å². The van der Waals surface area contributed by atoms with Gasteiger partial charge in [-0.3, -0.25) is 4.79 Å². The average Bonchev–Trinajstić information content (AvgIpc) is 3.18. The van der Waals surface area contributed by atoms with Crippen molar-refractivity contribution in [3.63, 3.8) is 0 Å². The van der Waals surface area contributed by atoms with Crippen LogP contribution in [-0.2, 0) is 18.5 Å². The molecule has 0 unspecified atom stereocenters. The first kappa shape index (κ1) is 22.6. The lowest BCUT2D eigenvalue weighted by molar-refractivity contribution is 0.0949. The van der Waals surface area contributed by atoms with Crippen LogP contribution in [0.4, 0.5) is 0 Å². The summed E-state index contributed by atoms with van der Waals surface area (Å²) in [6.45, 7) is 8.36. The average molecular weight is 442 g/mol. The molecule has 0 bridgehead atoms. The van der Waals surface area contributed by atoms with Crippen LogP contribution < -0.4 is 10.1 Å². The smallest absolute Gasteiger partial charge is 0.251 e. The number of aryl methyl sites for hydroxylation is 1. The van der Waals surface area contributed by atoms with Gasteiger partial charge in [0, 0.05) is 12.1 Å². The van der Waals surface area contributed by atoms with E-state index in [1.807, 2.05) is 60.7 Å². The highest BCUT2D eigenvalue weighted by Gasteiger charge is 2.14. The molecule has 3 aromatic carbocycles. The molecule has 0 saturated heterocycles. The molecule has 4 aromatic rings. The van der Waals surface area contributed by atoms with Crippen molar-refractivity contribution in [2.45, 2.75) is 45.7 Å². The molecule has 33 heavy (non-hydrogen) atoms. The first-order chi connectivity index (χ1) is 15.9. The van der Waals surface area contributed by atoms with Crippen molar-refractivity contribution in [1.29, 1.82) is 0 Å². The molecule has 5 nitrogen and oxygen atoms in total. The second-order valence-corrected chi connectivity index (χ2v) is 9.19. The van der Waals surface area contributed by atoms with Crippen LogP contribution in [0.5, 0.6) is 5.75 Å². The third kappa shape index (κ3) is 5.61. The molecule has 1 amide bonds. The van der Waals surface area contributed by atoms with E-state index in [2.05, 4.69) is 48.9 Å². The molecular formula is C28H31N3O2. The summed E-state index contributed by atoms with van der Waals surface area (Å²) in [4.78, 5) is 17.2. The Morgan fingerprint density at radius 3 is 2.36 bits per heavy atom. The predicted octanol–water partition coefficient (Wildman–Crippen LogP) is 5.73. The fraction of sp³-hybridized carbons (Fsp3) is 0.286. The Hall–Kier alpha value is -3.60. The van der Waals surface area contributed by atoms with Gasteiger partial charge in [-0.25, -0.2) is 4.98 Å². The van der Waals surface area contributed by atoms with Gasteiger partial charge < -0.3 is 14.6 Å². The number of imidazole rings is 1. The monoisotopic (exact) mass is 441 g/mol. The zero-order chi connectivity index (χ0) is 23.3. The number of hydrogen-bond donors (Lipinski definition) is 1.